The molecule has 3 aromatic heterocycles. The Balaban J connectivity index is 0.000000253. The van der Waals surface area contributed by atoms with Crippen molar-refractivity contribution in [2.24, 2.45) is 0 Å². The number of carbonyl (C=O) groups excluding carboxylic acids is 3. The van der Waals surface area contributed by atoms with Gasteiger partial charge < -0.3 is 48.5 Å². The SMILES string of the molecule is CCNC(=O)c1cc(-c2ccc(N)cc2)cc(C(=O)O)n1.CCNC(=O)c1cc(-c2ccc(N)cc2)cc(C(=O)O)n1.CCNC(=O)c1cc(-c2ccc(N)cc2)cc(C(=O)O)n1.[Dy]. The van der Waals surface area contributed by atoms with Gasteiger partial charge in [0.25, 0.3) is 17.7 Å². The van der Waals surface area contributed by atoms with E-state index in [1.165, 1.54) is 18.2 Å². The topological polar surface area (TPSA) is 316 Å². The number of benzene rings is 3. The number of nitrogen functional groups attached to an aromatic ring is 3. The molecule has 0 bridgehead atoms. The molecule has 0 spiro atoms. The maximum atomic E-state index is 11.9. The zero-order valence-electron chi connectivity index (χ0n) is 34.7. The number of nitrogens with zero attached hydrogens (tertiary/aromatic N) is 3. The van der Waals surface area contributed by atoms with Crippen LogP contribution >= 0.6 is 0 Å². The Morgan fingerprint density at radius 1 is 0.391 bits per heavy atom. The number of hydrogen-bond donors (Lipinski definition) is 9. The fourth-order valence-corrected chi connectivity index (χ4v) is 5.55. The molecule has 3 aromatic carbocycles. The van der Waals surface area contributed by atoms with E-state index in [0.29, 0.717) is 53.4 Å². The summed E-state index contributed by atoms with van der Waals surface area (Å²) in [5.74, 6) is -4.76. The van der Waals surface area contributed by atoms with E-state index in [-0.39, 0.29) is 72.3 Å². The molecule has 0 aliphatic heterocycles. The fraction of sp³-hybridized carbons (Fsp3) is 0.133. The van der Waals surface area contributed by atoms with Gasteiger partial charge >= 0.3 is 17.9 Å². The number of carbonyl (C=O) groups is 6. The second-order valence-electron chi connectivity index (χ2n) is 13.2. The average Bonchev–Trinajstić information content (AvgIpc) is 3.27. The number of hydrogen-bond acceptors (Lipinski definition) is 12. The molecular weight excluding hydrogens is 973 g/mol. The van der Waals surface area contributed by atoms with E-state index in [4.69, 9.17) is 32.5 Å². The Morgan fingerprint density at radius 3 is 0.781 bits per heavy atom. The van der Waals surface area contributed by atoms with Gasteiger partial charge in [-0.3, -0.25) is 14.4 Å². The summed E-state index contributed by atoms with van der Waals surface area (Å²) in [7, 11) is 0. The molecule has 64 heavy (non-hydrogen) atoms. The number of nitrogens with one attached hydrogen (secondary N) is 3. The van der Waals surface area contributed by atoms with Crippen LogP contribution in [-0.2, 0) is 0 Å². The molecule has 19 heteroatoms. The van der Waals surface area contributed by atoms with E-state index >= 15 is 0 Å². The van der Waals surface area contributed by atoms with E-state index in [2.05, 4.69) is 30.9 Å². The first-order valence-electron chi connectivity index (χ1n) is 19.2. The minimum atomic E-state index is -1.18. The molecule has 3 amide bonds. The van der Waals surface area contributed by atoms with Gasteiger partial charge in [0.2, 0.25) is 0 Å². The minimum Gasteiger partial charge on any atom is -0.477 e. The molecule has 0 unspecified atom stereocenters. The van der Waals surface area contributed by atoms with E-state index in [9.17, 15) is 28.8 Å². The molecule has 6 rings (SSSR count). The van der Waals surface area contributed by atoms with Crippen molar-refractivity contribution in [2.75, 3.05) is 36.8 Å². The van der Waals surface area contributed by atoms with Gasteiger partial charge in [-0.15, -0.1) is 0 Å². The first-order chi connectivity index (χ1) is 30.0. The number of anilines is 3. The van der Waals surface area contributed by atoms with Crippen molar-refractivity contribution in [1.29, 1.82) is 0 Å². The Bertz CT molecular complexity index is 2340. The van der Waals surface area contributed by atoms with Crippen molar-refractivity contribution in [1.82, 2.24) is 30.9 Å². The third-order valence-electron chi connectivity index (χ3n) is 8.58. The summed E-state index contributed by atoms with van der Waals surface area (Å²) in [5, 5.41) is 35.2. The number of carboxylic acid groups (broad SMARTS) is 3. The van der Waals surface area contributed by atoms with Crippen molar-refractivity contribution in [3.05, 3.63) is 143 Å². The summed E-state index contributed by atoms with van der Waals surface area (Å²) < 4.78 is 0. The van der Waals surface area contributed by atoms with Crippen molar-refractivity contribution in [2.45, 2.75) is 20.8 Å². The van der Waals surface area contributed by atoms with Gasteiger partial charge in [0.05, 0.1) is 0 Å². The number of amides is 3. The summed E-state index contributed by atoms with van der Waals surface area (Å²) in [6.07, 6.45) is 0. The number of rotatable bonds is 12. The number of carboxylic acids is 3. The van der Waals surface area contributed by atoms with Gasteiger partial charge in [-0.05, 0) is 127 Å². The Kier molecular flexibility index (Phi) is 19.3. The third-order valence-corrected chi connectivity index (χ3v) is 8.58. The van der Waals surface area contributed by atoms with E-state index < -0.39 is 35.6 Å². The first kappa shape index (κ1) is 51.0. The first-order valence-corrected chi connectivity index (χ1v) is 19.2. The van der Waals surface area contributed by atoms with Crippen LogP contribution in [0.4, 0.5) is 17.1 Å². The second-order valence-corrected chi connectivity index (χ2v) is 13.2. The van der Waals surface area contributed by atoms with Crippen molar-refractivity contribution < 1.29 is 82.3 Å². The summed E-state index contributed by atoms with van der Waals surface area (Å²) in [6, 6.07) is 29.8. The molecule has 0 fully saturated rings. The van der Waals surface area contributed by atoms with Gasteiger partial charge in [0.15, 0.2) is 0 Å². The molecule has 0 aliphatic carbocycles. The van der Waals surface area contributed by atoms with Crippen LogP contribution in [0.25, 0.3) is 33.4 Å². The van der Waals surface area contributed by atoms with Crippen molar-refractivity contribution >= 4 is 52.7 Å². The molecule has 12 N–H and O–H groups in total. The number of pyridine rings is 3. The van der Waals surface area contributed by atoms with Gasteiger partial charge in [-0.25, -0.2) is 29.3 Å². The summed E-state index contributed by atoms with van der Waals surface area (Å²) in [4.78, 5) is 80.7. The van der Waals surface area contributed by atoms with Crippen LogP contribution in [0.2, 0.25) is 0 Å². The monoisotopic (exact) mass is 1020 g/mol. The summed E-state index contributed by atoms with van der Waals surface area (Å²) >= 11 is 0. The van der Waals surface area contributed by atoms with Crippen LogP contribution in [0.15, 0.2) is 109 Å². The molecule has 6 aromatic rings. The average molecular weight is 1020 g/mol. The maximum Gasteiger partial charge on any atom is 0.354 e. The van der Waals surface area contributed by atoms with E-state index in [1.54, 1.807) is 112 Å². The molecule has 18 nitrogen and oxygen atoms in total. The van der Waals surface area contributed by atoms with Gasteiger partial charge in [0.1, 0.15) is 34.2 Å². The Morgan fingerprint density at radius 2 is 0.594 bits per heavy atom. The molecule has 3 heterocycles. The largest absolute Gasteiger partial charge is 0.477 e. The van der Waals surface area contributed by atoms with Crippen LogP contribution in [0.3, 0.4) is 0 Å². The fourth-order valence-electron chi connectivity index (χ4n) is 5.55. The normalized spacial score (nSPS) is 9.98. The second kappa shape index (κ2) is 24.3. The van der Waals surface area contributed by atoms with Crippen molar-refractivity contribution in [3.63, 3.8) is 0 Å². The molecule has 0 saturated heterocycles. The standard InChI is InChI=1S/3C15H15N3O3.Dy/c3*1-2-17-14(19)12-7-10(8-13(18-12)15(20)21)9-3-5-11(16)6-4-9;/h3*3-8H,2,16H2,1H3,(H,17,19)(H,20,21);. The van der Waals surface area contributed by atoms with Crippen molar-refractivity contribution in [3.8, 4) is 33.4 Å². The number of aromatic carboxylic acids is 3. The van der Waals surface area contributed by atoms with Crippen LogP contribution in [-0.4, -0.2) is 85.5 Å². The smallest absolute Gasteiger partial charge is 0.354 e. The van der Waals surface area contributed by atoms with Crippen LogP contribution < -0.4 is 33.2 Å². The molecule has 0 atom stereocenters. The van der Waals surface area contributed by atoms with Gasteiger partial charge in [-0.2, -0.15) is 0 Å². The number of aromatic nitrogens is 3. The molecule has 0 saturated carbocycles. The molecular formula is C45H45DyN9O9. The minimum absolute atomic E-state index is 0. The van der Waals surface area contributed by atoms with Gasteiger partial charge in [0, 0.05) is 74.9 Å². The van der Waals surface area contributed by atoms with E-state index in [1.807, 2.05) is 0 Å². The van der Waals surface area contributed by atoms with E-state index in [0.717, 1.165) is 16.7 Å². The van der Waals surface area contributed by atoms with Gasteiger partial charge in [-0.1, -0.05) is 36.4 Å². The zero-order valence-corrected chi connectivity index (χ0v) is 36.7. The predicted molar refractivity (Wildman–Crippen MR) is 237 cm³/mol. The molecule has 0 aliphatic rings. The molecule has 334 valence electrons. The maximum absolute atomic E-state index is 11.9. The Labute approximate surface area is 397 Å². The Hall–Kier alpha value is -7.40. The van der Waals surface area contributed by atoms with Crippen LogP contribution in [0, 0.1) is 38.2 Å². The van der Waals surface area contributed by atoms with Crippen LogP contribution in [0.5, 0.6) is 0 Å². The summed E-state index contributed by atoms with van der Waals surface area (Å²) in [6.45, 7) is 6.65. The summed E-state index contributed by atoms with van der Waals surface area (Å²) in [5.41, 5.74) is 22.5. The molecule has 0 radical (unpaired) electrons. The quantitative estimate of drug-likeness (QED) is 0.0699. The van der Waals surface area contributed by atoms with Crippen LogP contribution in [0.1, 0.15) is 83.7 Å². The zero-order chi connectivity index (χ0) is 46.2. The predicted octanol–water partition coefficient (Wildman–Crippen LogP) is 5.34. The number of nitrogens with two attached hydrogens (primary N) is 3. The third kappa shape index (κ3) is 14.6.